The molecule has 0 atom stereocenters. The van der Waals surface area contributed by atoms with Gasteiger partial charge in [0.25, 0.3) is 0 Å². The van der Waals surface area contributed by atoms with Gasteiger partial charge in [-0.25, -0.2) is 4.79 Å². The molecule has 0 spiro atoms. The van der Waals surface area contributed by atoms with Crippen molar-refractivity contribution in [2.75, 3.05) is 5.73 Å². The molecule has 1 heterocycles. The molecule has 1 aromatic rings. The van der Waals surface area contributed by atoms with E-state index in [0.29, 0.717) is 0 Å². The van der Waals surface area contributed by atoms with Gasteiger partial charge in [0.2, 0.25) is 0 Å². The minimum absolute atomic E-state index is 0.0782. The molecule has 1 rings (SSSR count). The molecule has 0 bridgehead atoms. The number of anilines is 1. The summed E-state index contributed by atoms with van der Waals surface area (Å²) in [6.45, 7) is 6.46. The van der Waals surface area contributed by atoms with Crippen molar-refractivity contribution in [2.24, 2.45) is 0 Å². The first-order chi connectivity index (χ1) is 8.47. The minimum Gasteiger partial charge on any atom is -0.455 e. The van der Waals surface area contributed by atoms with Crippen LogP contribution in [0.25, 0.3) is 0 Å². The molecule has 0 amide bonds. The van der Waals surface area contributed by atoms with E-state index in [-0.39, 0.29) is 12.2 Å². The van der Waals surface area contributed by atoms with Crippen molar-refractivity contribution in [1.29, 1.82) is 0 Å². The molecule has 8 heteroatoms. The molecular weight excluding hydrogens is 263 g/mol. The third-order valence-corrected chi connectivity index (χ3v) is 2.15. The molecule has 0 unspecified atom stereocenters. The van der Waals surface area contributed by atoms with Crippen molar-refractivity contribution in [1.82, 2.24) is 9.78 Å². The second kappa shape index (κ2) is 4.75. The van der Waals surface area contributed by atoms with Crippen LogP contribution in [-0.2, 0) is 17.5 Å². The number of hydrogen-bond donors (Lipinski definition) is 1. The van der Waals surface area contributed by atoms with Crippen LogP contribution in [0.5, 0.6) is 0 Å². The summed E-state index contributed by atoms with van der Waals surface area (Å²) >= 11 is 0. The monoisotopic (exact) mass is 279 g/mol. The lowest BCUT2D eigenvalue weighted by Gasteiger charge is -2.19. The van der Waals surface area contributed by atoms with Crippen molar-refractivity contribution < 1.29 is 22.7 Å². The minimum atomic E-state index is -4.71. The van der Waals surface area contributed by atoms with Crippen LogP contribution in [0.3, 0.4) is 0 Å². The summed E-state index contributed by atoms with van der Waals surface area (Å²) in [6, 6.07) is 0. The smallest absolute Gasteiger partial charge is 0.437 e. The van der Waals surface area contributed by atoms with Crippen molar-refractivity contribution in [3.8, 4) is 0 Å². The van der Waals surface area contributed by atoms with Crippen molar-refractivity contribution in [2.45, 2.75) is 46.0 Å². The predicted octanol–water partition coefficient (Wildman–Crippen LogP) is 2.46. The van der Waals surface area contributed by atoms with Crippen LogP contribution in [0.1, 0.15) is 43.9 Å². The standard InChI is InChI=1S/C11H16F3N3O2/c1-5-17-7(9(18)19-10(2,3)4)6(15)8(16-17)11(12,13)14/h5,15H2,1-4H3. The second-order valence-corrected chi connectivity index (χ2v) is 4.93. The number of aryl methyl sites for hydroxylation is 1. The summed E-state index contributed by atoms with van der Waals surface area (Å²) in [4.78, 5) is 11.9. The van der Waals surface area contributed by atoms with Crippen molar-refractivity contribution >= 4 is 11.7 Å². The molecule has 2 N–H and O–H groups in total. The molecule has 5 nitrogen and oxygen atoms in total. The van der Waals surface area contributed by atoms with Gasteiger partial charge >= 0.3 is 12.1 Å². The lowest BCUT2D eigenvalue weighted by atomic mass is 10.2. The first kappa shape index (κ1) is 15.3. The molecule has 0 aliphatic heterocycles. The molecule has 0 aromatic carbocycles. The average Bonchev–Trinajstić information content (AvgIpc) is 2.51. The summed E-state index contributed by atoms with van der Waals surface area (Å²) in [5.41, 5.74) is 2.21. The highest BCUT2D eigenvalue weighted by Gasteiger charge is 2.40. The number of nitrogens with zero attached hydrogens (tertiary/aromatic N) is 2. The Morgan fingerprint density at radius 1 is 1.37 bits per heavy atom. The number of esters is 1. The zero-order chi connectivity index (χ0) is 15.0. The first-order valence-corrected chi connectivity index (χ1v) is 5.64. The Kier molecular flexibility index (Phi) is 3.83. The topological polar surface area (TPSA) is 70.1 Å². The lowest BCUT2D eigenvalue weighted by molar-refractivity contribution is -0.140. The largest absolute Gasteiger partial charge is 0.455 e. The van der Waals surface area contributed by atoms with Gasteiger partial charge in [-0.1, -0.05) is 0 Å². The Hall–Kier alpha value is -1.73. The van der Waals surface area contributed by atoms with E-state index in [9.17, 15) is 18.0 Å². The summed E-state index contributed by atoms with van der Waals surface area (Å²) in [5, 5.41) is 3.32. The van der Waals surface area contributed by atoms with Gasteiger partial charge in [0.05, 0.1) is 5.69 Å². The molecule has 0 radical (unpaired) electrons. The molecule has 108 valence electrons. The van der Waals surface area contributed by atoms with E-state index in [2.05, 4.69) is 5.10 Å². The number of carbonyl (C=O) groups is 1. The fraction of sp³-hybridized carbons (Fsp3) is 0.636. The average molecular weight is 279 g/mol. The highest BCUT2D eigenvalue weighted by molar-refractivity contribution is 5.94. The van der Waals surface area contributed by atoms with Gasteiger partial charge in [-0.15, -0.1) is 0 Å². The molecule has 0 saturated carbocycles. The molecule has 0 aliphatic rings. The molecule has 0 fully saturated rings. The van der Waals surface area contributed by atoms with Gasteiger partial charge in [0.1, 0.15) is 5.60 Å². The quantitative estimate of drug-likeness (QED) is 0.844. The predicted molar refractivity (Wildman–Crippen MR) is 62.5 cm³/mol. The van der Waals surface area contributed by atoms with Crippen molar-refractivity contribution in [3.05, 3.63) is 11.4 Å². The SMILES string of the molecule is CCn1nc(C(F)(F)F)c(N)c1C(=O)OC(C)(C)C. The first-order valence-electron chi connectivity index (χ1n) is 5.64. The lowest BCUT2D eigenvalue weighted by Crippen LogP contribution is -2.26. The Morgan fingerprint density at radius 2 is 1.89 bits per heavy atom. The number of nitrogens with two attached hydrogens (primary N) is 1. The van der Waals surface area contributed by atoms with Crippen LogP contribution >= 0.6 is 0 Å². The van der Waals surface area contributed by atoms with Crippen LogP contribution < -0.4 is 5.73 Å². The number of carbonyl (C=O) groups excluding carboxylic acids is 1. The van der Waals surface area contributed by atoms with E-state index in [4.69, 9.17) is 10.5 Å². The highest BCUT2D eigenvalue weighted by atomic mass is 19.4. The van der Waals surface area contributed by atoms with Gasteiger partial charge in [-0.3, -0.25) is 4.68 Å². The van der Waals surface area contributed by atoms with E-state index < -0.39 is 29.1 Å². The molecule has 0 aliphatic carbocycles. The van der Waals surface area contributed by atoms with Gasteiger partial charge in [0, 0.05) is 6.54 Å². The maximum Gasteiger partial charge on any atom is 0.437 e. The van der Waals surface area contributed by atoms with Crippen LogP contribution in [0, 0.1) is 0 Å². The molecule has 19 heavy (non-hydrogen) atoms. The third kappa shape index (κ3) is 3.39. The Labute approximate surface area is 108 Å². The van der Waals surface area contributed by atoms with Crippen molar-refractivity contribution in [3.63, 3.8) is 0 Å². The number of aromatic nitrogens is 2. The fourth-order valence-electron chi connectivity index (χ4n) is 1.46. The maximum absolute atomic E-state index is 12.7. The van der Waals surface area contributed by atoms with E-state index >= 15 is 0 Å². The normalized spacial score (nSPS) is 12.6. The van der Waals surface area contributed by atoms with Crippen LogP contribution in [-0.4, -0.2) is 21.4 Å². The second-order valence-electron chi connectivity index (χ2n) is 4.93. The number of nitrogen functional groups attached to an aromatic ring is 1. The number of halogens is 3. The van der Waals surface area contributed by atoms with E-state index in [1.807, 2.05) is 0 Å². The van der Waals surface area contributed by atoms with E-state index in [1.54, 1.807) is 27.7 Å². The Balaban J connectivity index is 3.28. The zero-order valence-electron chi connectivity index (χ0n) is 11.1. The van der Waals surface area contributed by atoms with Crippen LogP contribution in [0.4, 0.5) is 18.9 Å². The fourth-order valence-corrected chi connectivity index (χ4v) is 1.46. The molecular formula is C11H16F3N3O2. The van der Waals surface area contributed by atoms with Gasteiger partial charge in [-0.2, -0.15) is 18.3 Å². The summed E-state index contributed by atoms with van der Waals surface area (Å²) in [7, 11) is 0. The number of hydrogen-bond acceptors (Lipinski definition) is 4. The summed E-state index contributed by atoms with van der Waals surface area (Å²) < 4.78 is 43.9. The summed E-state index contributed by atoms with van der Waals surface area (Å²) in [6.07, 6.45) is -4.71. The third-order valence-electron chi connectivity index (χ3n) is 2.15. The number of alkyl halides is 3. The maximum atomic E-state index is 12.7. The Morgan fingerprint density at radius 3 is 2.26 bits per heavy atom. The molecule has 0 saturated heterocycles. The summed E-state index contributed by atoms with van der Waals surface area (Å²) in [5.74, 6) is -0.921. The van der Waals surface area contributed by atoms with Crippen LogP contribution in [0.2, 0.25) is 0 Å². The van der Waals surface area contributed by atoms with Gasteiger partial charge in [-0.05, 0) is 27.7 Å². The molecule has 1 aromatic heterocycles. The van der Waals surface area contributed by atoms with E-state index in [1.165, 1.54) is 0 Å². The zero-order valence-corrected chi connectivity index (χ0v) is 11.1. The highest BCUT2D eigenvalue weighted by Crippen LogP contribution is 2.34. The Bertz CT molecular complexity index is 487. The number of ether oxygens (including phenoxy) is 1. The van der Waals surface area contributed by atoms with Crippen LogP contribution in [0.15, 0.2) is 0 Å². The number of rotatable bonds is 2. The van der Waals surface area contributed by atoms with Gasteiger partial charge in [0.15, 0.2) is 11.4 Å². The van der Waals surface area contributed by atoms with Gasteiger partial charge < -0.3 is 10.5 Å². The van der Waals surface area contributed by atoms with E-state index in [0.717, 1.165) is 4.68 Å².